The second-order valence-corrected chi connectivity index (χ2v) is 5.96. The normalized spacial score (nSPS) is 13.7. The summed E-state index contributed by atoms with van der Waals surface area (Å²) >= 11 is 0. The van der Waals surface area contributed by atoms with Gasteiger partial charge >= 0.3 is 0 Å². The molecular formula is C24H16. The Hall–Kier alpha value is -3.12. The zero-order valence-corrected chi connectivity index (χ0v) is 12.9. The van der Waals surface area contributed by atoms with Crippen molar-refractivity contribution in [2.75, 3.05) is 0 Å². The van der Waals surface area contributed by atoms with Crippen LogP contribution in [0, 0.1) is 0 Å². The first kappa shape index (κ1) is 9.89. The summed E-state index contributed by atoms with van der Waals surface area (Å²) in [4.78, 5) is 0. The number of benzene rings is 5. The molecule has 5 aromatic carbocycles. The van der Waals surface area contributed by atoms with Gasteiger partial charge in [0.2, 0.25) is 0 Å². The van der Waals surface area contributed by atoms with Crippen LogP contribution in [0.4, 0.5) is 0 Å². The van der Waals surface area contributed by atoms with Crippen molar-refractivity contribution in [1.29, 1.82) is 0 Å². The van der Waals surface area contributed by atoms with E-state index in [0.717, 1.165) is 32.7 Å². The third-order valence-corrected chi connectivity index (χ3v) is 4.53. The Morgan fingerprint density at radius 2 is 1.29 bits per heavy atom. The zero-order chi connectivity index (χ0) is 19.4. The lowest BCUT2D eigenvalue weighted by Crippen LogP contribution is -1.86. The van der Waals surface area contributed by atoms with Gasteiger partial charge in [0.1, 0.15) is 0 Å². The molecule has 0 spiro atoms. The Bertz CT molecular complexity index is 1400. The lowest BCUT2D eigenvalue weighted by atomic mass is 9.91. The van der Waals surface area contributed by atoms with E-state index in [1.807, 2.05) is 48.5 Å². The van der Waals surface area contributed by atoms with Crippen molar-refractivity contribution in [3.8, 4) is 11.1 Å². The quantitative estimate of drug-likeness (QED) is 0.298. The molecule has 0 N–H and O–H groups in total. The number of hydrogen-bond acceptors (Lipinski definition) is 0. The topological polar surface area (TPSA) is 0 Å². The summed E-state index contributed by atoms with van der Waals surface area (Å²) < 4.78 is 33.2. The SMILES string of the molecule is [2H]c1c([2H])c([2H])c2c(-c3ccc4ccccc4c3)c3ccccc3cc2c1[2H]. The van der Waals surface area contributed by atoms with Crippen LogP contribution in [0.1, 0.15) is 5.48 Å². The Morgan fingerprint density at radius 1 is 0.542 bits per heavy atom. The fraction of sp³-hybridized carbons (Fsp3) is 0. The van der Waals surface area contributed by atoms with Crippen molar-refractivity contribution in [2.45, 2.75) is 0 Å². The van der Waals surface area contributed by atoms with Gasteiger partial charge in [0.15, 0.2) is 0 Å². The molecule has 0 fully saturated rings. The highest BCUT2D eigenvalue weighted by Crippen LogP contribution is 2.37. The van der Waals surface area contributed by atoms with Gasteiger partial charge in [0, 0.05) is 0 Å². The molecule has 24 heavy (non-hydrogen) atoms. The summed E-state index contributed by atoms with van der Waals surface area (Å²) in [6, 6.07) is 23.7. The second-order valence-electron chi connectivity index (χ2n) is 5.96. The molecule has 0 aliphatic carbocycles. The van der Waals surface area contributed by atoms with Crippen molar-refractivity contribution in [3.05, 3.63) is 97.0 Å². The standard InChI is InChI=1S/C24H16/c1-2-8-18-15-21(14-13-17(18)7-1)24-22-11-5-3-9-19(22)16-20-10-4-6-12-23(20)24/h1-16H/i3D,5D,9D,11D. The maximum Gasteiger partial charge on any atom is 0.0629 e. The molecule has 0 bridgehead atoms. The number of rotatable bonds is 1. The summed E-state index contributed by atoms with van der Waals surface area (Å²) in [5.41, 5.74) is 1.80. The monoisotopic (exact) mass is 308 g/mol. The lowest BCUT2D eigenvalue weighted by Gasteiger charge is -2.13. The highest BCUT2D eigenvalue weighted by Gasteiger charge is 2.09. The summed E-state index contributed by atoms with van der Waals surface area (Å²) in [6.07, 6.45) is 0. The van der Waals surface area contributed by atoms with Gasteiger partial charge in [-0.2, -0.15) is 0 Å². The van der Waals surface area contributed by atoms with Crippen molar-refractivity contribution >= 4 is 32.3 Å². The molecule has 0 nitrogen and oxygen atoms in total. The van der Waals surface area contributed by atoms with Crippen LogP contribution >= 0.6 is 0 Å². The molecule has 0 saturated carbocycles. The van der Waals surface area contributed by atoms with E-state index in [1.165, 1.54) is 0 Å². The minimum Gasteiger partial charge on any atom is -0.0616 e. The van der Waals surface area contributed by atoms with E-state index in [2.05, 4.69) is 24.3 Å². The first-order valence-electron chi connectivity index (χ1n) is 9.97. The van der Waals surface area contributed by atoms with Gasteiger partial charge in [0.25, 0.3) is 0 Å². The van der Waals surface area contributed by atoms with Crippen LogP contribution in [-0.2, 0) is 0 Å². The molecule has 0 aliphatic rings. The summed E-state index contributed by atoms with van der Waals surface area (Å²) in [5.74, 6) is 0. The smallest absolute Gasteiger partial charge is 0.0616 e. The molecular weight excluding hydrogens is 288 g/mol. The Kier molecular flexibility index (Phi) is 2.15. The Morgan fingerprint density at radius 3 is 2.21 bits per heavy atom. The van der Waals surface area contributed by atoms with Gasteiger partial charge < -0.3 is 0 Å². The van der Waals surface area contributed by atoms with Gasteiger partial charge in [-0.05, 0) is 55.6 Å². The van der Waals surface area contributed by atoms with Gasteiger partial charge in [-0.3, -0.25) is 0 Å². The third-order valence-electron chi connectivity index (χ3n) is 4.53. The predicted octanol–water partition coefficient (Wildman–Crippen LogP) is 6.81. The summed E-state index contributed by atoms with van der Waals surface area (Å²) in [5, 5.41) is 5.30. The van der Waals surface area contributed by atoms with E-state index >= 15 is 0 Å². The van der Waals surface area contributed by atoms with E-state index in [1.54, 1.807) is 0 Å². The van der Waals surface area contributed by atoms with Crippen molar-refractivity contribution in [1.82, 2.24) is 0 Å². The molecule has 0 aromatic heterocycles. The highest BCUT2D eigenvalue weighted by molar-refractivity contribution is 6.13. The molecule has 5 rings (SSSR count). The van der Waals surface area contributed by atoms with Crippen LogP contribution < -0.4 is 0 Å². The fourth-order valence-electron chi connectivity index (χ4n) is 3.41. The molecule has 0 aliphatic heterocycles. The van der Waals surface area contributed by atoms with Gasteiger partial charge in [-0.25, -0.2) is 0 Å². The highest BCUT2D eigenvalue weighted by atomic mass is 14.1. The molecule has 0 unspecified atom stereocenters. The largest absolute Gasteiger partial charge is 0.0629 e. The predicted molar refractivity (Wildman–Crippen MR) is 104 cm³/mol. The van der Waals surface area contributed by atoms with E-state index in [9.17, 15) is 0 Å². The molecule has 0 amide bonds. The van der Waals surface area contributed by atoms with Crippen LogP contribution in [0.3, 0.4) is 0 Å². The maximum absolute atomic E-state index is 8.56. The van der Waals surface area contributed by atoms with Crippen LogP contribution in [-0.4, -0.2) is 0 Å². The molecule has 0 saturated heterocycles. The minimum atomic E-state index is -0.199. The zero-order valence-electron chi connectivity index (χ0n) is 16.9. The van der Waals surface area contributed by atoms with E-state index < -0.39 is 0 Å². The van der Waals surface area contributed by atoms with E-state index in [4.69, 9.17) is 5.48 Å². The maximum atomic E-state index is 8.56. The second kappa shape index (κ2) is 5.21. The van der Waals surface area contributed by atoms with Gasteiger partial charge in [-0.15, -0.1) is 0 Å². The molecule has 112 valence electrons. The lowest BCUT2D eigenvalue weighted by molar-refractivity contribution is 1.70. The summed E-state index contributed by atoms with van der Waals surface area (Å²) in [6.45, 7) is 0. The Balaban J connectivity index is 2.02. The van der Waals surface area contributed by atoms with Gasteiger partial charge in [0.05, 0.1) is 5.48 Å². The van der Waals surface area contributed by atoms with Crippen LogP contribution in [0.25, 0.3) is 43.4 Å². The Labute approximate surface area is 146 Å². The van der Waals surface area contributed by atoms with Crippen molar-refractivity contribution in [2.24, 2.45) is 0 Å². The summed E-state index contributed by atoms with van der Waals surface area (Å²) in [7, 11) is 0. The number of hydrogen-bond donors (Lipinski definition) is 0. The van der Waals surface area contributed by atoms with Crippen LogP contribution in [0.2, 0.25) is 0 Å². The van der Waals surface area contributed by atoms with E-state index in [0.29, 0.717) is 10.8 Å². The first-order valence-corrected chi connectivity index (χ1v) is 7.97. The molecule has 0 atom stereocenters. The average Bonchev–Trinajstić information content (AvgIpc) is 2.74. The van der Waals surface area contributed by atoms with Crippen molar-refractivity contribution in [3.63, 3.8) is 0 Å². The molecule has 0 heteroatoms. The first-order chi connectivity index (χ1) is 13.6. The third kappa shape index (κ3) is 2.00. The van der Waals surface area contributed by atoms with E-state index in [-0.39, 0.29) is 24.2 Å². The van der Waals surface area contributed by atoms with Crippen molar-refractivity contribution < 1.29 is 5.48 Å². The van der Waals surface area contributed by atoms with Crippen LogP contribution in [0.15, 0.2) is 97.0 Å². The minimum absolute atomic E-state index is 0.00351. The average molecular weight is 308 g/mol. The molecule has 5 aromatic rings. The number of fused-ring (bicyclic) bond motifs is 3. The van der Waals surface area contributed by atoms with Crippen LogP contribution in [0.5, 0.6) is 0 Å². The molecule has 0 heterocycles. The molecule has 0 radical (unpaired) electrons. The van der Waals surface area contributed by atoms with Gasteiger partial charge in [-0.1, -0.05) is 84.8 Å². The fourth-order valence-corrected chi connectivity index (χ4v) is 3.41.